The third-order valence-corrected chi connectivity index (χ3v) is 5.01. The average molecular weight is 366 g/mol. The van der Waals surface area contributed by atoms with Crippen LogP contribution in [-0.4, -0.2) is 50.0 Å². The summed E-state index contributed by atoms with van der Waals surface area (Å²) in [6, 6.07) is 9.05. The van der Waals surface area contributed by atoms with Gasteiger partial charge in [-0.2, -0.15) is 9.90 Å². The van der Waals surface area contributed by atoms with Crippen molar-refractivity contribution in [3.63, 3.8) is 0 Å². The zero-order valence-corrected chi connectivity index (χ0v) is 14.2. The number of benzene rings is 1. The lowest BCUT2D eigenvalue weighted by Crippen LogP contribution is -2.36. The lowest BCUT2D eigenvalue weighted by molar-refractivity contribution is -0.177. The molecule has 2 fully saturated rings. The summed E-state index contributed by atoms with van der Waals surface area (Å²) in [4.78, 5) is 44.0. The van der Waals surface area contributed by atoms with Crippen molar-refractivity contribution >= 4 is 17.8 Å². The van der Waals surface area contributed by atoms with Gasteiger partial charge in [0.05, 0.1) is 35.4 Å². The first-order valence-electron chi connectivity index (χ1n) is 8.48. The smallest absolute Gasteiger partial charge is 0.365 e. The molecule has 9 nitrogen and oxygen atoms in total. The predicted molar refractivity (Wildman–Crippen MR) is 88.1 cm³/mol. The number of fused-ring (bicyclic) bond motifs is 5. The molecule has 0 unspecified atom stereocenters. The molecular weight excluding hydrogens is 352 g/mol. The molecule has 2 saturated heterocycles. The van der Waals surface area contributed by atoms with Crippen molar-refractivity contribution in [1.29, 1.82) is 0 Å². The van der Waals surface area contributed by atoms with Crippen molar-refractivity contribution < 1.29 is 24.0 Å². The van der Waals surface area contributed by atoms with Crippen molar-refractivity contribution in [2.45, 2.75) is 19.1 Å². The van der Waals surface area contributed by atoms with Crippen LogP contribution < -0.4 is 0 Å². The number of aryl methyl sites for hydroxylation is 1. The van der Waals surface area contributed by atoms with Gasteiger partial charge in [-0.05, 0) is 19.1 Å². The average Bonchev–Trinajstić information content (AvgIpc) is 3.43. The molecular formula is C18H14N4O5. The number of nitrogens with zero attached hydrogens (tertiary/aromatic N) is 4. The second kappa shape index (κ2) is 5.58. The molecule has 0 N–H and O–H groups in total. The molecule has 1 aromatic carbocycles. The standard InChI is InChI=1S/C18H14N4O5/c1-9-15(20-22(19-9)10-5-3-2-4-6-10)18(25)27-21-16(23)13-11-7-8-12(26-11)14(13)17(21)24/h2-8,11-14H,1H3/t11-,12-,13-,14+/m0/s1. The second-order valence-corrected chi connectivity index (χ2v) is 6.61. The van der Waals surface area contributed by atoms with Crippen LogP contribution in [-0.2, 0) is 19.2 Å². The van der Waals surface area contributed by atoms with E-state index in [4.69, 9.17) is 9.57 Å². The van der Waals surface area contributed by atoms with Crippen LogP contribution in [0, 0.1) is 18.8 Å². The van der Waals surface area contributed by atoms with Gasteiger partial charge >= 0.3 is 5.97 Å². The Morgan fingerprint density at radius 1 is 1.04 bits per heavy atom. The highest BCUT2D eigenvalue weighted by atomic mass is 16.7. The summed E-state index contributed by atoms with van der Waals surface area (Å²) in [5, 5.41) is 8.87. The summed E-state index contributed by atoms with van der Waals surface area (Å²) >= 11 is 0. The van der Waals surface area contributed by atoms with E-state index in [-0.39, 0.29) is 5.69 Å². The third kappa shape index (κ3) is 2.25. The number of hydrogen-bond donors (Lipinski definition) is 0. The summed E-state index contributed by atoms with van der Waals surface area (Å²) in [7, 11) is 0. The first-order valence-corrected chi connectivity index (χ1v) is 8.48. The van der Waals surface area contributed by atoms with Crippen molar-refractivity contribution in [1.82, 2.24) is 20.1 Å². The lowest BCUT2D eigenvalue weighted by Gasteiger charge is -2.15. The van der Waals surface area contributed by atoms with Gasteiger partial charge in [0.15, 0.2) is 5.69 Å². The molecule has 0 radical (unpaired) electrons. The maximum Gasteiger partial charge on any atom is 0.385 e. The maximum atomic E-state index is 12.5. The largest absolute Gasteiger partial charge is 0.385 e. The Morgan fingerprint density at radius 3 is 2.30 bits per heavy atom. The van der Waals surface area contributed by atoms with Gasteiger partial charge in [-0.1, -0.05) is 30.4 Å². The van der Waals surface area contributed by atoms with Gasteiger partial charge < -0.3 is 9.57 Å². The number of imide groups is 1. The molecule has 1 aromatic heterocycles. The van der Waals surface area contributed by atoms with Gasteiger partial charge in [0.1, 0.15) is 0 Å². The molecule has 0 spiro atoms. The SMILES string of the molecule is Cc1nn(-c2ccccc2)nc1C(=O)ON1C(=O)[C@@H]2[C@H](C1=O)[C@@H]1C=C[C@@H]2O1. The fourth-order valence-corrected chi connectivity index (χ4v) is 3.74. The first kappa shape index (κ1) is 15.9. The van der Waals surface area contributed by atoms with E-state index in [0.717, 1.165) is 0 Å². The quantitative estimate of drug-likeness (QED) is 0.578. The van der Waals surface area contributed by atoms with Crippen LogP contribution in [0.4, 0.5) is 0 Å². The number of amides is 2. The summed E-state index contributed by atoms with van der Waals surface area (Å²) in [6.45, 7) is 1.60. The fourth-order valence-electron chi connectivity index (χ4n) is 3.74. The number of para-hydroxylation sites is 1. The van der Waals surface area contributed by atoms with E-state index >= 15 is 0 Å². The van der Waals surface area contributed by atoms with E-state index in [1.54, 1.807) is 31.2 Å². The van der Waals surface area contributed by atoms with Crippen molar-refractivity contribution in [3.8, 4) is 5.69 Å². The summed E-state index contributed by atoms with van der Waals surface area (Å²) in [5.74, 6) is -3.31. The van der Waals surface area contributed by atoms with Crippen LogP contribution in [0.5, 0.6) is 0 Å². The van der Waals surface area contributed by atoms with Crippen molar-refractivity contribution in [2.24, 2.45) is 11.8 Å². The first-order chi connectivity index (χ1) is 13.0. The maximum absolute atomic E-state index is 12.5. The molecule has 136 valence electrons. The number of carbonyl (C=O) groups excluding carboxylic acids is 3. The van der Waals surface area contributed by atoms with Crippen LogP contribution in [0.1, 0.15) is 16.2 Å². The Labute approximate surface area is 153 Å². The van der Waals surface area contributed by atoms with Crippen LogP contribution in [0.25, 0.3) is 5.69 Å². The van der Waals surface area contributed by atoms with Crippen LogP contribution in [0.3, 0.4) is 0 Å². The Hall–Kier alpha value is -3.33. The lowest BCUT2D eigenvalue weighted by atomic mass is 9.85. The summed E-state index contributed by atoms with van der Waals surface area (Å²) in [6.07, 6.45) is 2.64. The molecule has 5 rings (SSSR count). The van der Waals surface area contributed by atoms with Gasteiger partial charge in [0.25, 0.3) is 11.8 Å². The van der Waals surface area contributed by atoms with E-state index < -0.39 is 41.8 Å². The highest BCUT2D eigenvalue weighted by Crippen LogP contribution is 2.45. The molecule has 0 aliphatic carbocycles. The van der Waals surface area contributed by atoms with E-state index in [0.29, 0.717) is 16.4 Å². The molecule has 9 heteroatoms. The second-order valence-electron chi connectivity index (χ2n) is 6.61. The van der Waals surface area contributed by atoms with Gasteiger partial charge in [-0.3, -0.25) is 9.59 Å². The minimum Gasteiger partial charge on any atom is -0.365 e. The van der Waals surface area contributed by atoms with Crippen LogP contribution in [0.2, 0.25) is 0 Å². The minimum absolute atomic E-state index is 0.0612. The topological polar surface area (TPSA) is 104 Å². The highest BCUT2D eigenvalue weighted by Gasteiger charge is 2.62. The number of aromatic nitrogens is 3. The van der Waals surface area contributed by atoms with E-state index in [9.17, 15) is 14.4 Å². The predicted octanol–water partition coefficient (Wildman–Crippen LogP) is 0.586. The zero-order valence-electron chi connectivity index (χ0n) is 14.2. The molecule has 4 atom stereocenters. The fraction of sp³-hybridized carbons (Fsp3) is 0.278. The van der Waals surface area contributed by atoms with Gasteiger partial charge in [-0.25, -0.2) is 4.79 Å². The summed E-state index contributed by atoms with van der Waals surface area (Å²) < 4.78 is 5.54. The van der Waals surface area contributed by atoms with Crippen LogP contribution in [0.15, 0.2) is 42.5 Å². The molecule has 0 saturated carbocycles. The minimum atomic E-state index is -0.905. The summed E-state index contributed by atoms with van der Waals surface area (Å²) in [5.41, 5.74) is 0.935. The monoisotopic (exact) mass is 366 g/mol. The third-order valence-electron chi connectivity index (χ3n) is 5.01. The Kier molecular flexibility index (Phi) is 3.28. The molecule has 3 aliphatic rings. The molecule has 2 amide bonds. The normalized spacial score (nSPS) is 28.1. The molecule has 4 heterocycles. The van der Waals surface area contributed by atoms with Crippen molar-refractivity contribution in [2.75, 3.05) is 0 Å². The van der Waals surface area contributed by atoms with Gasteiger partial charge in [-0.15, -0.1) is 10.2 Å². The number of hydrogen-bond acceptors (Lipinski definition) is 7. The number of carbonyl (C=O) groups is 3. The van der Waals surface area contributed by atoms with Crippen LogP contribution >= 0.6 is 0 Å². The molecule has 2 aromatic rings. The van der Waals surface area contributed by atoms with Gasteiger partial charge in [0.2, 0.25) is 0 Å². The molecule has 27 heavy (non-hydrogen) atoms. The number of ether oxygens (including phenoxy) is 1. The molecule has 2 bridgehead atoms. The highest BCUT2D eigenvalue weighted by molar-refractivity contribution is 6.07. The van der Waals surface area contributed by atoms with Crippen molar-refractivity contribution in [3.05, 3.63) is 53.9 Å². The van der Waals surface area contributed by atoms with Gasteiger partial charge in [0, 0.05) is 0 Å². The Bertz CT molecular complexity index is 968. The van der Waals surface area contributed by atoms with E-state index in [1.807, 2.05) is 18.2 Å². The number of rotatable bonds is 3. The Morgan fingerprint density at radius 2 is 1.67 bits per heavy atom. The molecule has 3 aliphatic heterocycles. The van der Waals surface area contributed by atoms with E-state index in [2.05, 4.69) is 10.2 Å². The number of hydroxylamine groups is 2. The zero-order chi connectivity index (χ0) is 18.7. The van der Waals surface area contributed by atoms with E-state index in [1.165, 1.54) is 4.80 Å². The Balaban J connectivity index is 1.38.